The van der Waals surface area contributed by atoms with Gasteiger partial charge in [0.2, 0.25) is 0 Å². The zero-order valence-electron chi connectivity index (χ0n) is 13.8. The maximum absolute atomic E-state index is 12.5. The second-order valence-corrected chi connectivity index (χ2v) is 7.13. The highest BCUT2D eigenvalue weighted by Crippen LogP contribution is 2.19. The van der Waals surface area contributed by atoms with Crippen LogP contribution in [0.1, 0.15) is 21.5 Å². The van der Waals surface area contributed by atoms with Gasteiger partial charge in [0.25, 0.3) is 5.91 Å². The highest BCUT2D eigenvalue weighted by atomic mass is 35.5. The van der Waals surface area contributed by atoms with Gasteiger partial charge in [-0.05, 0) is 47.5 Å². The van der Waals surface area contributed by atoms with E-state index in [1.165, 1.54) is 0 Å². The van der Waals surface area contributed by atoms with E-state index in [9.17, 15) is 4.79 Å². The summed E-state index contributed by atoms with van der Waals surface area (Å²) >= 11 is 18.1. The first-order valence-corrected chi connectivity index (χ1v) is 9.18. The molecule has 1 aliphatic heterocycles. The van der Waals surface area contributed by atoms with Gasteiger partial charge in [0.15, 0.2) is 5.96 Å². The van der Waals surface area contributed by atoms with Gasteiger partial charge in [-0.15, -0.1) is 0 Å². The number of benzene rings is 2. The van der Waals surface area contributed by atoms with Crippen LogP contribution in [-0.2, 0) is 13.1 Å². The fourth-order valence-electron chi connectivity index (χ4n) is 2.58. The van der Waals surface area contributed by atoms with Gasteiger partial charge in [0.05, 0.1) is 6.54 Å². The summed E-state index contributed by atoms with van der Waals surface area (Å²) in [6.45, 7) is 2.44. The van der Waals surface area contributed by atoms with Crippen molar-refractivity contribution in [1.29, 1.82) is 0 Å². The van der Waals surface area contributed by atoms with Gasteiger partial charge in [-0.1, -0.05) is 34.8 Å². The summed E-state index contributed by atoms with van der Waals surface area (Å²) in [5, 5.41) is 10.7. The molecule has 0 saturated carbocycles. The van der Waals surface area contributed by atoms with Crippen LogP contribution in [0.3, 0.4) is 0 Å². The summed E-state index contributed by atoms with van der Waals surface area (Å²) in [6.07, 6.45) is 0. The maximum atomic E-state index is 12.5. The fraction of sp³-hybridized carbons (Fsp3) is 0.222. The second-order valence-electron chi connectivity index (χ2n) is 5.82. The summed E-state index contributed by atoms with van der Waals surface area (Å²) in [5.41, 5.74) is 2.21. The van der Waals surface area contributed by atoms with E-state index in [4.69, 9.17) is 34.8 Å². The number of guanidine groups is 1. The van der Waals surface area contributed by atoms with E-state index in [0.29, 0.717) is 33.7 Å². The number of carbonyl (C=O) groups excluding carboxylic acids is 1. The van der Waals surface area contributed by atoms with Gasteiger partial charge in [0.1, 0.15) is 0 Å². The third-order valence-electron chi connectivity index (χ3n) is 3.73. The number of amides is 1. The molecule has 1 heterocycles. The first-order valence-electron chi connectivity index (χ1n) is 8.04. The molecule has 26 heavy (non-hydrogen) atoms. The summed E-state index contributed by atoms with van der Waals surface area (Å²) in [6, 6.07) is 10.4. The molecule has 1 amide bonds. The quantitative estimate of drug-likeness (QED) is 0.704. The monoisotopic (exact) mass is 410 g/mol. The molecule has 136 valence electrons. The molecule has 0 aliphatic carbocycles. The Morgan fingerprint density at radius 1 is 0.962 bits per heavy atom. The third kappa shape index (κ3) is 5.27. The summed E-state index contributed by atoms with van der Waals surface area (Å²) in [4.78, 5) is 16.7. The molecule has 5 nitrogen and oxygen atoms in total. The van der Waals surface area contributed by atoms with Crippen LogP contribution in [0.15, 0.2) is 41.4 Å². The number of aliphatic imine (C=N–C) groups is 1. The Balaban J connectivity index is 1.64. The molecule has 0 bridgehead atoms. The van der Waals surface area contributed by atoms with E-state index in [1.54, 1.807) is 30.3 Å². The van der Waals surface area contributed by atoms with E-state index in [0.717, 1.165) is 30.2 Å². The van der Waals surface area contributed by atoms with Crippen LogP contribution in [0, 0.1) is 0 Å². The standard InChI is InChI=1S/C18H17Cl3N4O/c19-14-4-11(10-25-18-22-1-2-23-18)3-13(7-14)17(26)24-9-12-5-15(20)8-16(21)6-12/h3-8H,1-2,9-10H2,(H,24,26)(H2,22,23,25). The maximum Gasteiger partial charge on any atom is 0.251 e. The average Bonchev–Trinajstić information content (AvgIpc) is 3.10. The van der Waals surface area contributed by atoms with Gasteiger partial charge >= 0.3 is 0 Å². The molecule has 3 rings (SSSR count). The molecule has 2 aromatic rings. The van der Waals surface area contributed by atoms with Crippen molar-refractivity contribution in [2.45, 2.75) is 13.1 Å². The number of nitrogens with one attached hydrogen (secondary N) is 3. The number of carbonyl (C=O) groups is 1. The molecule has 8 heteroatoms. The van der Waals surface area contributed by atoms with Crippen LogP contribution in [0.25, 0.3) is 0 Å². The first kappa shape index (κ1) is 18.8. The number of hydrogen-bond acceptors (Lipinski definition) is 4. The van der Waals surface area contributed by atoms with Crippen LogP contribution in [0.2, 0.25) is 15.1 Å². The minimum atomic E-state index is -0.221. The van der Waals surface area contributed by atoms with Gasteiger partial charge in [-0.3, -0.25) is 9.79 Å². The third-order valence-corrected chi connectivity index (χ3v) is 4.38. The molecule has 0 radical (unpaired) electrons. The predicted octanol–water partition coefficient (Wildman–Crippen LogP) is 3.63. The fourth-order valence-corrected chi connectivity index (χ4v) is 3.41. The Morgan fingerprint density at radius 2 is 1.62 bits per heavy atom. The Morgan fingerprint density at radius 3 is 2.27 bits per heavy atom. The lowest BCUT2D eigenvalue weighted by atomic mass is 10.1. The summed E-state index contributed by atoms with van der Waals surface area (Å²) in [7, 11) is 0. The highest BCUT2D eigenvalue weighted by Gasteiger charge is 2.10. The Labute approximate surface area is 166 Å². The van der Waals surface area contributed by atoms with E-state index in [2.05, 4.69) is 20.9 Å². The predicted molar refractivity (Wildman–Crippen MR) is 106 cm³/mol. The molecular weight excluding hydrogens is 395 g/mol. The lowest BCUT2D eigenvalue weighted by molar-refractivity contribution is 0.0951. The van der Waals surface area contributed by atoms with Crippen LogP contribution >= 0.6 is 34.8 Å². The Kier molecular flexibility index (Phi) is 6.25. The lowest BCUT2D eigenvalue weighted by Gasteiger charge is -2.10. The molecule has 0 spiro atoms. The van der Waals surface area contributed by atoms with Crippen molar-refractivity contribution in [2.24, 2.45) is 4.99 Å². The Hall–Kier alpha value is -1.95. The molecule has 0 saturated heterocycles. The number of hydrogen-bond donors (Lipinski definition) is 3. The molecule has 1 aliphatic rings. The molecule has 0 fully saturated rings. The van der Waals surface area contributed by atoms with Crippen LogP contribution < -0.4 is 16.0 Å². The minimum absolute atomic E-state index is 0.221. The van der Waals surface area contributed by atoms with E-state index in [-0.39, 0.29) is 5.91 Å². The van der Waals surface area contributed by atoms with E-state index in [1.807, 2.05) is 6.07 Å². The van der Waals surface area contributed by atoms with Crippen molar-refractivity contribution in [3.8, 4) is 0 Å². The van der Waals surface area contributed by atoms with Crippen molar-refractivity contribution in [3.05, 3.63) is 68.2 Å². The average molecular weight is 412 g/mol. The van der Waals surface area contributed by atoms with Crippen LogP contribution in [0.4, 0.5) is 0 Å². The largest absolute Gasteiger partial charge is 0.355 e. The van der Waals surface area contributed by atoms with E-state index >= 15 is 0 Å². The van der Waals surface area contributed by atoms with Gasteiger partial charge in [0, 0.05) is 40.3 Å². The van der Waals surface area contributed by atoms with Gasteiger partial charge in [-0.2, -0.15) is 0 Å². The van der Waals surface area contributed by atoms with Gasteiger partial charge in [-0.25, -0.2) is 0 Å². The number of halogens is 3. The van der Waals surface area contributed by atoms with Crippen LogP contribution in [-0.4, -0.2) is 25.0 Å². The second kappa shape index (κ2) is 8.62. The summed E-state index contributed by atoms with van der Waals surface area (Å²) in [5.74, 6) is 0.537. The van der Waals surface area contributed by atoms with Crippen molar-refractivity contribution in [1.82, 2.24) is 16.0 Å². The van der Waals surface area contributed by atoms with Gasteiger partial charge < -0.3 is 16.0 Å². The van der Waals surface area contributed by atoms with E-state index < -0.39 is 0 Å². The number of rotatable bonds is 5. The van der Waals surface area contributed by atoms with Crippen molar-refractivity contribution >= 4 is 46.7 Å². The van der Waals surface area contributed by atoms with Crippen LogP contribution in [0.5, 0.6) is 0 Å². The zero-order chi connectivity index (χ0) is 18.5. The van der Waals surface area contributed by atoms with Crippen molar-refractivity contribution < 1.29 is 4.79 Å². The minimum Gasteiger partial charge on any atom is -0.355 e. The van der Waals surface area contributed by atoms with Crippen molar-refractivity contribution in [2.75, 3.05) is 13.1 Å². The summed E-state index contributed by atoms with van der Waals surface area (Å²) < 4.78 is 0. The smallest absolute Gasteiger partial charge is 0.251 e. The zero-order valence-corrected chi connectivity index (χ0v) is 16.0. The van der Waals surface area contributed by atoms with Crippen molar-refractivity contribution in [3.63, 3.8) is 0 Å². The number of nitrogens with zero attached hydrogens (tertiary/aromatic N) is 1. The highest BCUT2D eigenvalue weighted by molar-refractivity contribution is 6.34. The molecule has 0 aromatic heterocycles. The SMILES string of the molecule is O=C(NCc1cc(Cl)cc(Cl)c1)c1cc(Cl)cc(CNC2=NCCN2)c1. The Bertz CT molecular complexity index is 834. The molecule has 0 atom stereocenters. The lowest BCUT2D eigenvalue weighted by Crippen LogP contribution is -2.33. The first-order chi connectivity index (χ1) is 12.5. The molecule has 2 aromatic carbocycles. The molecule has 0 unspecified atom stereocenters. The molecule has 3 N–H and O–H groups in total. The normalized spacial score (nSPS) is 13.1. The topological polar surface area (TPSA) is 65.5 Å². The molecular formula is C18H17Cl3N4O.